The molecule has 194 valence electrons. The van der Waals surface area contributed by atoms with E-state index >= 15 is 0 Å². The van der Waals surface area contributed by atoms with Crippen LogP contribution in [0.15, 0.2) is 17.1 Å². The van der Waals surface area contributed by atoms with E-state index in [4.69, 9.17) is 26.7 Å². The van der Waals surface area contributed by atoms with E-state index in [1.165, 1.54) is 0 Å². The van der Waals surface area contributed by atoms with E-state index < -0.39 is 56.8 Å². The zero-order valence-corrected chi connectivity index (χ0v) is 20.8. The lowest BCUT2D eigenvalue weighted by Gasteiger charge is -2.24. The molecule has 1 unspecified atom stereocenters. The molecule has 1 amide bonds. The van der Waals surface area contributed by atoms with Gasteiger partial charge in [-0.2, -0.15) is 0 Å². The summed E-state index contributed by atoms with van der Waals surface area (Å²) >= 11 is 0. The molecule has 1 aromatic carbocycles. The molecule has 1 aromatic rings. The Hall–Kier alpha value is -3.90. The Labute approximate surface area is 203 Å². The van der Waals surface area contributed by atoms with Crippen LogP contribution < -0.4 is 22.5 Å². The first-order valence-corrected chi connectivity index (χ1v) is 10.8. The van der Waals surface area contributed by atoms with Crippen LogP contribution >= 0.6 is 0 Å². The van der Waals surface area contributed by atoms with Gasteiger partial charge in [0.05, 0.1) is 16.5 Å². The van der Waals surface area contributed by atoms with Crippen LogP contribution in [0.1, 0.15) is 75.1 Å². The molecule has 35 heavy (non-hydrogen) atoms. The number of nitrogens with two attached hydrogens (primary N) is 3. The van der Waals surface area contributed by atoms with Gasteiger partial charge in [-0.05, 0) is 60.5 Å². The number of nitrogens with zero attached hydrogens (tertiary/aromatic N) is 2. The lowest BCUT2D eigenvalue weighted by molar-refractivity contribution is -0.385. The van der Waals surface area contributed by atoms with Crippen LogP contribution in [0.5, 0.6) is 0 Å². The van der Waals surface area contributed by atoms with Crippen LogP contribution in [0.25, 0.3) is 0 Å². The van der Waals surface area contributed by atoms with Crippen molar-refractivity contribution in [2.75, 3.05) is 12.3 Å². The topological polar surface area (TPSA) is 215 Å². The summed E-state index contributed by atoms with van der Waals surface area (Å²) in [5.41, 5.74) is 12.9. The second kappa shape index (κ2) is 11.5. The summed E-state index contributed by atoms with van der Waals surface area (Å²) in [6.45, 7) is 9.78. The van der Waals surface area contributed by atoms with Gasteiger partial charge in [-0.25, -0.2) is 9.59 Å². The average molecular weight is 495 g/mol. The number of guanidine groups is 1. The van der Waals surface area contributed by atoms with E-state index in [1.807, 2.05) is 0 Å². The number of nitro benzene ring substituents is 1. The van der Waals surface area contributed by atoms with E-state index in [0.717, 1.165) is 12.1 Å². The lowest BCUT2D eigenvalue weighted by atomic mass is 9.93. The fourth-order valence-electron chi connectivity index (χ4n) is 2.96. The van der Waals surface area contributed by atoms with Gasteiger partial charge in [-0.1, -0.05) is 0 Å². The molecule has 0 aliphatic heterocycles. The Balaban J connectivity index is 3.54. The zero-order valence-electron chi connectivity index (χ0n) is 20.8. The molecule has 0 fully saturated rings. The molecular weight excluding hydrogens is 460 g/mol. The van der Waals surface area contributed by atoms with E-state index in [0.29, 0.717) is 0 Å². The minimum Gasteiger partial charge on any atom is -0.456 e. The molecule has 0 spiro atoms. The second-order valence-corrected chi connectivity index (χ2v) is 9.69. The molecule has 13 nitrogen and oxygen atoms in total. The number of esters is 1. The minimum atomic E-state index is -1.26. The molecule has 0 radical (unpaired) electrons. The number of nitro groups is 1. The number of anilines is 1. The molecule has 1 rings (SSSR count). The minimum absolute atomic E-state index is 0.0186. The number of benzene rings is 1. The van der Waals surface area contributed by atoms with Gasteiger partial charge in [0.15, 0.2) is 17.3 Å². The third-order valence-electron chi connectivity index (χ3n) is 4.21. The fraction of sp³-hybridized carbons (Fsp3) is 0.545. The predicted octanol–water partition coefficient (Wildman–Crippen LogP) is 2.26. The summed E-state index contributed by atoms with van der Waals surface area (Å²) < 4.78 is 10.5. The van der Waals surface area contributed by atoms with E-state index in [1.54, 1.807) is 41.5 Å². The number of amides is 1. The molecule has 0 saturated carbocycles. The summed E-state index contributed by atoms with van der Waals surface area (Å²) in [4.78, 5) is 53.7. The highest BCUT2D eigenvalue weighted by atomic mass is 16.6. The van der Waals surface area contributed by atoms with Gasteiger partial charge >= 0.3 is 12.1 Å². The summed E-state index contributed by atoms with van der Waals surface area (Å²) in [7, 11) is 0. The number of nitrogen functional groups attached to an aromatic ring is 1. The van der Waals surface area contributed by atoms with Crippen LogP contribution in [0, 0.1) is 10.1 Å². The third kappa shape index (κ3) is 9.47. The largest absolute Gasteiger partial charge is 0.456 e. The third-order valence-corrected chi connectivity index (χ3v) is 4.21. The van der Waals surface area contributed by atoms with Crippen molar-refractivity contribution in [3.8, 4) is 0 Å². The van der Waals surface area contributed by atoms with Crippen LogP contribution in [-0.2, 0) is 9.47 Å². The molecule has 7 N–H and O–H groups in total. The smallest absolute Gasteiger partial charge is 0.408 e. The number of nitrogens with one attached hydrogen (secondary N) is 1. The van der Waals surface area contributed by atoms with Gasteiger partial charge in [-0.15, -0.1) is 0 Å². The first-order valence-electron chi connectivity index (χ1n) is 10.8. The van der Waals surface area contributed by atoms with E-state index in [9.17, 15) is 24.5 Å². The van der Waals surface area contributed by atoms with Gasteiger partial charge in [0.1, 0.15) is 11.2 Å². The van der Waals surface area contributed by atoms with Gasteiger partial charge in [0.2, 0.25) is 0 Å². The lowest BCUT2D eigenvalue weighted by Crippen LogP contribution is -2.44. The molecular formula is C22H34N6O7. The Morgan fingerprint density at radius 3 is 2.11 bits per heavy atom. The van der Waals surface area contributed by atoms with Crippen LogP contribution in [0.2, 0.25) is 0 Å². The van der Waals surface area contributed by atoms with Crippen molar-refractivity contribution in [1.29, 1.82) is 0 Å². The van der Waals surface area contributed by atoms with Crippen molar-refractivity contribution < 1.29 is 28.8 Å². The second-order valence-electron chi connectivity index (χ2n) is 9.69. The molecule has 0 bridgehead atoms. The number of Topliss-reactive ketones (excluding diaryl/α,β-unsaturated/α-hetero) is 1. The molecule has 0 aliphatic carbocycles. The van der Waals surface area contributed by atoms with Crippen molar-refractivity contribution in [2.45, 2.75) is 71.6 Å². The van der Waals surface area contributed by atoms with Crippen molar-refractivity contribution >= 4 is 35.2 Å². The molecule has 0 saturated heterocycles. The number of hydrogen-bond acceptors (Lipinski definition) is 9. The zero-order chi connectivity index (χ0) is 27.1. The quantitative estimate of drug-likeness (QED) is 0.0573. The monoisotopic (exact) mass is 494 g/mol. The van der Waals surface area contributed by atoms with Crippen LogP contribution in [0.3, 0.4) is 0 Å². The summed E-state index contributed by atoms with van der Waals surface area (Å²) in [6.07, 6.45) is -0.633. The normalized spacial score (nSPS) is 12.3. The number of ether oxygens (including phenoxy) is 2. The summed E-state index contributed by atoms with van der Waals surface area (Å²) in [6, 6.07) is 0.897. The standard InChI is InChI=1S/C22H34N6O7/c1-21(2,3)34-18(30)16-14(28(32)33)10-9-12(23)15(16)17(29)13(8-7-11-26-19(24)25)27-20(31)35-22(4,5)6/h9-10,13H,7-8,11,23H2,1-6H3,(H,27,31)(H4,24,25,26). The number of alkyl carbamates (subject to hydrolysis) is 1. The van der Waals surface area contributed by atoms with Crippen molar-refractivity contribution in [3.63, 3.8) is 0 Å². The maximum absolute atomic E-state index is 13.6. The van der Waals surface area contributed by atoms with Gasteiger partial charge in [-0.3, -0.25) is 19.9 Å². The first-order chi connectivity index (χ1) is 15.9. The highest BCUT2D eigenvalue weighted by Crippen LogP contribution is 2.31. The first kappa shape index (κ1) is 29.1. The van der Waals surface area contributed by atoms with E-state index in [-0.39, 0.29) is 31.0 Å². The van der Waals surface area contributed by atoms with Gasteiger partial charge < -0.3 is 32.0 Å². The molecule has 13 heteroatoms. The highest BCUT2D eigenvalue weighted by molar-refractivity contribution is 6.14. The summed E-state index contributed by atoms with van der Waals surface area (Å²) in [5, 5.41) is 14.1. The Bertz CT molecular complexity index is 1000. The number of aliphatic imine (C=N–C) groups is 1. The van der Waals surface area contributed by atoms with Crippen molar-refractivity contribution in [3.05, 3.63) is 33.4 Å². The number of carbonyl (C=O) groups is 3. The highest BCUT2D eigenvalue weighted by Gasteiger charge is 2.36. The van der Waals surface area contributed by atoms with Gasteiger partial charge in [0.25, 0.3) is 5.69 Å². The predicted molar refractivity (Wildman–Crippen MR) is 130 cm³/mol. The van der Waals surface area contributed by atoms with E-state index in [2.05, 4.69) is 10.3 Å². The van der Waals surface area contributed by atoms with Gasteiger partial charge in [0, 0.05) is 18.3 Å². The average Bonchev–Trinajstić information content (AvgIpc) is 2.66. The number of hydrogen-bond donors (Lipinski definition) is 4. The fourth-order valence-corrected chi connectivity index (χ4v) is 2.96. The Morgan fingerprint density at radius 1 is 1.06 bits per heavy atom. The Morgan fingerprint density at radius 2 is 1.63 bits per heavy atom. The van der Waals surface area contributed by atoms with Crippen LogP contribution in [-0.4, -0.2) is 52.5 Å². The maximum Gasteiger partial charge on any atom is 0.408 e. The number of carbonyl (C=O) groups excluding carboxylic acids is 3. The number of rotatable bonds is 9. The summed E-state index contributed by atoms with van der Waals surface area (Å²) in [5.74, 6) is -2.08. The SMILES string of the molecule is CC(C)(C)OC(=O)NC(CCCN=C(N)N)C(=O)c1c(N)ccc([N+](=O)[O-])c1C(=O)OC(C)(C)C. The molecule has 0 aliphatic rings. The molecule has 1 atom stereocenters. The Kier molecular flexibility index (Phi) is 9.56. The maximum atomic E-state index is 13.6. The van der Waals surface area contributed by atoms with Crippen molar-refractivity contribution in [1.82, 2.24) is 5.32 Å². The van der Waals surface area contributed by atoms with Crippen LogP contribution in [0.4, 0.5) is 16.2 Å². The molecule has 0 aromatic heterocycles. The van der Waals surface area contributed by atoms with Crippen molar-refractivity contribution in [2.24, 2.45) is 16.5 Å². The number of ketones is 1. The molecule has 0 heterocycles.